The Morgan fingerprint density at radius 1 is 1.50 bits per heavy atom. The molecule has 1 saturated heterocycles. The van der Waals surface area contributed by atoms with E-state index >= 15 is 0 Å². The summed E-state index contributed by atoms with van der Waals surface area (Å²) < 4.78 is 0. The molecule has 1 N–H and O–H groups in total. The summed E-state index contributed by atoms with van der Waals surface area (Å²) in [6.07, 6.45) is 3.58. The highest BCUT2D eigenvalue weighted by molar-refractivity contribution is 7.99. The molecule has 2 rings (SSSR count). The van der Waals surface area contributed by atoms with Gasteiger partial charge < -0.3 is 10.0 Å². The molecule has 22 heavy (non-hydrogen) atoms. The van der Waals surface area contributed by atoms with Crippen LogP contribution in [0.5, 0.6) is 0 Å². The van der Waals surface area contributed by atoms with Crippen molar-refractivity contribution in [3.63, 3.8) is 0 Å². The molecule has 1 aliphatic rings. The lowest BCUT2D eigenvalue weighted by atomic mass is 9.77. The summed E-state index contributed by atoms with van der Waals surface area (Å²) in [6.45, 7) is 4.67. The summed E-state index contributed by atoms with van der Waals surface area (Å²) >= 11 is 1.29. The molecule has 7 heteroatoms. The van der Waals surface area contributed by atoms with Crippen LogP contribution < -0.4 is 0 Å². The number of hydrogen-bond acceptors (Lipinski definition) is 5. The van der Waals surface area contributed by atoms with E-state index in [2.05, 4.69) is 9.97 Å². The Kier molecular flexibility index (Phi) is 5.39. The molecule has 0 spiro atoms. The fraction of sp³-hybridized carbons (Fsp3) is 0.600. The standard InChI is InChI=1S/C15H21N3O3S/c1-3-15(13(20)21)6-4-8-18(10-15)12(19)9-22-14-16-7-5-11(2)17-14/h5,7H,3-4,6,8-10H2,1-2H3,(H,20,21)/t15-/m0/s1. The predicted molar refractivity (Wildman–Crippen MR) is 83.7 cm³/mol. The zero-order valence-corrected chi connectivity index (χ0v) is 13.7. The highest BCUT2D eigenvalue weighted by atomic mass is 32.2. The van der Waals surface area contributed by atoms with Gasteiger partial charge in [0.1, 0.15) is 0 Å². The van der Waals surface area contributed by atoms with E-state index < -0.39 is 11.4 Å². The first-order chi connectivity index (χ1) is 10.5. The van der Waals surface area contributed by atoms with Gasteiger partial charge in [-0.2, -0.15) is 0 Å². The van der Waals surface area contributed by atoms with Crippen molar-refractivity contribution in [2.24, 2.45) is 5.41 Å². The lowest BCUT2D eigenvalue weighted by molar-refractivity contribution is -0.154. The summed E-state index contributed by atoms with van der Waals surface area (Å²) in [5, 5.41) is 10.0. The number of hydrogen-bond donors (Lipinski definition) is 1. The first-order valence-electron chi connectivity index (χ1n) is 7.40. The van der Waals surface area contributed by atoms with E-state index in [0.29, 0.717) is 31.1 Å². The second kappa shape index (κ2) is 7.09. The Balaban J connectivity index is 1.96. The third kappa shape index (κ3) is 3.76. The maximum Gasteiger partial charge on any atom is 0.311 e. The number of nitrogens with zero attached hydrogens (tertiary/aromatic N) is 3. The number of amides is 1. The fourth-order valence-corrected chi connectivity index (χ4v) is 3.45. The SMILES string of the molecule is CC[C@]1(C(=O)O)CCCN(C(=O)CSc2nccc(C)n2)C1. The Labute approximate surface area is 134 Å². The van der Waals surface area contributed by atoms with E-state index in [-0.39, 0.29) is 11.7 Å². The van der Waals surface area contributed by atoms with Crippen molar-refractivity contribution >= 4 is 23.6 Å². The predicted octanol–water partition coefficient (Wildman–Crippen LogP) is 1.98. The number of rotatable bonds is 5. The van der Waals surface area contributed by atoms with Gasteiger partial charge in [-0.1, -0.05) is 18.7 Å². The molecule has 0 radical (unpaired) electrons. The molecule has 1 fully saturated rings. The average Bonchev–Trinajstić information content (AvgIpc) is 2.52. The van der Waals surface area contributed by atoms with Crippen molar-refractivity contribution in [2.75, 3.05) is 18.8 Å². The highest BCUT2D eigenvalue weighted by Gasteiger charge is 2.41. The first kappa shape index (κ1) is 16.7. The molecule has 1 aliphatic heterocycles. The number of carbonyl (C=O) groups is 2. The molecule has 1 aromatic rings. The summed E-state index contributed by atoms with van der Waals surface area (Å²) in [5.74, 6) is -0.612. The Bertz CT molecular complexity index is 567. The third-order valence-electron chi connectivity index (χ3n) is 4.16. The monoisotopic (exact) mass is 323 g/mol. The molecule has 1 atom stereocenters. The minimum Gasteiger partial charge on any atom is -0.481 e. The maximum atomic E-state index is 12.3. The van der Waals surface area contributed by atoms with E-state index in [4.69, 9.17) is 0 Å². The van der Waals surface area contributed by atoms with Crippen LogP contribution in [0.15, 0.2) is 17.4 Å². The molecule has 6 nitrogen and oxygen atoms in total. The fourth-order valence-electron chi connectivity index (χ4n) is 2.67. The largest absolute Gasteiger partial charge is 0.481 e. The zero-order valence-electron chi connectivity index (χ0n) is 12.9. The van der Waals surface area contributed by atoms with Gasteiger partial charge in [0.15, 0.2) is 5.16 Å². The molecule has 0 bridgehead atoms. The maximum absolute atomic E-state index is 12.3. The number of carbonyl (C=O) groups excluding carboxylic acids is 1. The smallest absolute Gasteiger partial charge is 0.311 e. The number of aliphatic carboxylic acids is 1. The van der Waals surface area contributed by atoms with E-state index in [1.54, 1.807) is 17.2 Å². The van der Waals surface area contributed by atoms with Crippen LogP contribution >= 0.6 is 11.8 Å². The van der Waals surface area contributed by atoms with E-state index in [1.165, 1.54) is 11.8 Å². The van der Waals surface area contributed by atoms with Gasteiger partial charge in [0.2, 0.25) is 5.91 Å². The number of piperidine rings is 1. The Hall–Kier alpha value is -1.63. The van der Waals surface area contributed by atoms with Gasteiger partial charge in [-0.3, -0.25) is 9.59 Å². The van der Waals surface area contributed by atoms with Crippen molar-refractivity contribution in [3.8, 4) is 0 Å². The topological polar surface area (TPSA) is 83.4 Å². The summed E-state index contributed by atoms with van der Waals surface area (Å²) in [4.78, 5) is 33.9. The second-order valence-corrected chi connectivity index (χ2v) is 6.57. The van der Waals surface area contributed by atoms with Gasteiger partial charge >= 0.3 is 5.97 Å². The van der Waals surface area contributed by atoms with Crippen molar-refractivity contribution in [1.82, 2.24) is 14.9 Å². The number of thioether (sulfide) groups is 1. The number of aryl methyl sites for hydroxylation is 1. The Morgan fingerprint density at radius 2 is 2.27 bits per heavy atom. The van der Waals surface area contributed by atoms with Crippen LogP contribution in [0.2, 0.25) is 0 Å². The van der Waals surface area contributed by atoms with Crippen LogP contribution in [0, 0.1) is 12.3 Å². The van der Waals surface area contributed by atoms with Gasteiger partial charge in [0.05, 0.1) is 11.2 Å². The molecule has 0 aliphatic carbocycles. The molecular formula is C15H21N3O3S. The molecule has 2 heterocycles. The lowest BCUT2D eigenvalue weighted by Gasteiger charge is -2.39. The number of carboxylic acid groups (broad SMARTS) is 1. The molecular weight excluding hydrogens is 302 g/mol. The van der Waals surface area contributed by atoms with Crippen molar-refractivity contribution in [1.29, 1.82) is 0 Å². The van der Waals surface area contributed by atoms with Crippen LogP contribution in [0.3, 0.4) is 0 Å². The molecule has 1 amide bonds. The quantitative estimate of drug-likeness (QED) is 0.659. The lowest BCUT2D eigenvalue weighted by Crippen LogP contribution is -2.50. The number of likely N-dealkylation sites (tertiary alicyclic amines) is 1. The van der Waals surface area contributed by atoms with Gasteiger partial charge in [-0.15, -0.1) is 0 Å². The van der Waals surface area contributed by atoms with E-state index in [9.17, 15) is 14.7 Å². The van der Waals surface area contributed by atoms with Crippen molar-refractivity contribution < 1.29 is 14.7 Å². The number of carboxylic acids is 1. The van der Waals surface area contributed by atoms with Crippen molar-refractivity contribution in [2.45, 2.75) is 38.3 Å². The van der Waals surface area contributed by atoms with Gasteiger partial charge in [0, 0.05) is 25.0 Å². The molecule has 0 aromatic carbocycles. The minimum absolute atomic E-state index is 0.0473. The summed E-state index contributed by atoms with van der Waals surface area (Å²) in [5.41, 5.74) is 0.0668. The van der Waals surface area contributed by atoms with Gasteiger partial charge in [-0.25, -0.2) is 9.97 Å². The summed E-state index contributed by atoms with van der Waals surface area (Å²) in [6, 6.07) is 1.80. The molecule has 0 unspecified atom stereocenters. The van der Waals surface area contributed by atoms with Crippen LogP contribution in [0.4, 0.5) is 0 Å². The first-order valence-corrected chi connectivity index (χ1v) is 8.39. The molecule has 1 aromatic heterocycles. The van der Waals surface area contributed by atoms with Crippen LogP contribution in [-0.4, -0.2) is 50.7 Å². The molecule has 120 valence electrons. The van der Waals surface area contributed by atoms with Crippen molar-refractivity contribution in [3.05, 3.63) is 18.0 Å². The third-order valence-corrected chi connectivity index (χ3v) is 5.00. The zero-order chi connectivity index (χ0) is 16.2. The number of aromatic nitrogens is 2. The Morgan fingerprint density at radius 3 is 2.91 bits per heavy atom. The van der Waals surface area contributed by atoms with E-state index in [0.717, 1.165) is 12.1 Å². The van der Waals surface area contributed by atoms with E-state index in [1.807, 2.05) is 13.8 Å². The minimum atomic E-state index is -0.804. The van der Waals surface area contributed by atoms with Gasteiger partial charge in [0.25, 0.3) is 0 Å². The van der Waals surface area contributed by atoms with Gasteiger partial charge in [-0.05, 0) is 32.3 Å². The second-order valence-electron chi connectivity index (χ2n) is 5.63. The molecule has 0 saturated carbocycles. The highest BCUT2D eigenvalue weighted by Crippen LogP contribution is 2.34. The average molecular weight is 323 g/mol. The summed E-state index contributed by atoms with van der Waals surface area (Å²) in [7, 11) is 0. The normalized spacial score (nSPS) is 21.6. The van der Waals surface area contributed by atoms with Crippen LogP contribution in [-0.2, 0) is 9.59 Å². The van der Waals surface area contributed by atoms with Crippen LogP contribution in [0.1, 0.15) is 31.9 Å². The van der Waals surface area contributed by atoms with Crippen LogP contribution in [0.25, 0.3) is 0 Å².